The Hall–Kier alpha value is -3.55. The zero-order valence-electron chi connectivity index (χ0n) is 19.1. The second-order valence-corrected chi connectivity index (χ2v) is 7.80. The van der Waals surface area contributed by atoms with Gasteiger partial charge in [0.05, 0.1) is 13.2 Å². The number of carbonyl (C=O) groups excluding carboxylic acids is 3. The Morgan fingerprint density at radius 1 is 1.00 bits per heavy atom. The van der Waals surface area contributed by atoms with Gasteiger partial charge in [0.15, 0.2) is 0 Å². The van der Waals surface area contributed by atoms with Gasteiger partial charge in [-0.2, -0.15) is 0 Å². The molecule has 4 amide bonds. The number of amides is 4. The number of urea groups is 1. The van der Waals surface area contributed by atoms with E-state index in [9.17, 15) is 14.4 Å². The second-order valence-electron chi connectivity index (χ2n) is 7.80. The first kappa shape index (κ1) is 24.1. The Morgan fingerprint density at radius 2 is 1.67 bits per heavy atom. The normalized spacial score (nSPS) is 17.6. The summed E-state index contributed by atoms with van der Waals surface area (Å²) in [4.78, 5) is 39.4. The lowest BCUT2D eigenvalue weighted by Gasteiger charge is -2.27. The topological polar surface area (TPSA) is 97.0 Å². The highest BCUT2D eigenvalue weighted by Gasteiger charge is 2.52. The highest BCUT2D eigenvalue weighted by Crippen LogP contribution is 2.34. The zero-order chi connectivity index (χ0) is 23.7. The largest absolute Gasteiger partial charge is 0.494 e. The highest BCUT2D eigenvalue weighted by molar-refractivity contribution is 6.09. The maximum Gasteiger partial charge on any atom is 0.325 e. The first-order chi connectivity index (χ1) is 16.0. The Kier molecular flexibility index (Phi) is 8.29. The molecule has 33 heavy (non-hydrogen) atoms. The van der Waals surface area contributed by atoms with Gasteiger partial charge in [-0.05, 0) is 43.2 Å². The number of nitrogens with zero attached hydrogens (tertiary/aromatic N) is 1. The quantitative estimate of drug-likeness (QED) is 0.380. The fraction of sp³-hybridized carbons (Fsp3) is 0.400. The van der Waals surface area contributed by atoms with Gasteiger partial charge < -0.3 is 20.1 Å². The molecule has 1 aliphatic heterocycles. The van der Waals surface area contributed by atoms with Gasteiger partial charge in [-0.1, -0.05) is 50.1 Å². The van der Waals surface area contributed by atoms with Crippen molar-refractivity contribution in [2.45, 2.75) is 38.6 Å². The summed E-state index contributed by atoms with van der Waals surface area (Å²) in [6.07, 6.45) is 2.13. The van der Waals surface area contributed by atoms with E-state index in [1.54, 1.807) is 12.1 Å². The molecule has 0 spiro atoms. The third kappa shape index (κ3) is 5.83. The van der Waals surface area contributed by atoms with Gasteiger partial charge in [-0.3, -0.25) is 14.5 Å². The predicted octanol–water partition coefficient (Wildman–Crippen LogP) is 3.22. The Bertz CT molecular complexity index is 948. The molecule has 1 unspecified atom stereocenters. The van der Waals surface area contributed by atoms with Crippen LogP contribution in [0.25, 0.3) is 0 Å². The number of rotatable bonds is 12. The summed E-state index contributed by atoms with van der Waals surface area (Å²) in [6.45, 7) is 4.70. The van der Waals surface area contributed by atoms with Crippen molar-refractivity contribution in [3.8, 4) is 11.5 Å². The molecule has 0 aliphatic carbocycles. The molecule has 1 aliphatic rings. The molecule has 0 radical (unpaired) electrons. The van der Waals surface area contributed by atoms with E-state index >= 15 is 0 Å². The first-order valence-electron chi connectivity index (χ1n) is 11.3. The minimum atomic E-state index is -1.13. The molecule has 1 fully saturated rings. The first-order valence-corrected chi connectivity index (χ1v) is 11.3. The summed E-state index contributed by atoms with van der Waals surface area (Å²) in [5.41, 5.74) is -0.408. The molecule has 0 bridgehead atoms. The van der Waals surface area contributed by atoms with Crippen molar-refractivity contribution in [3.63, 3.8) is 0 Å². The van der Waals surface area contributed by atoms with E-state index in [1.165, 1.54) is 0 Å². The predicted molar refractivity (Wildman–Crippen MR) is 124 cm³/mol. The fourth-order valence-electron chi connectivity index (χ4n) is 3.80. The molecular weight excluding hydrogens is 422 g/mol. The second kappa shape index (κ2) is 11.4. The zero-order valence-corrected chi connectivity index (χ0v) is 19.1. The van der Waals surface area contributed by atoms with Crippen LogP contribution in [0.1, 0.15) is 38.7 Å². The summed E-state index contributed by atoms with van der Waals surface area (Å²) in [7, 11) is 0. The van der Waals surface area contributed by atoms with Crippen molar-refractivity contribution in [1.82, 2.24) is 15.5 Å². The van der Waals surface area contributed by atoms with Gasteiger partial charge in [-0.15, -0.1) is 0 Å². The Labute approximate surface area is 194 Å². The maximum absolute atomic E-state index is 13.3. The molecule has 2 N–H and O–H groups in total. The number of hydrogen-bond donors (Lipinski definition) is 2. The van der Waals surface area contributed by atoms with Crippen LogP contribution >= 0.6 is 0 Å². The minimum Gasteiger partial charge on any atom is -0.494 e. The van der Waals surface area contributed by atoms with E-state index in [0.29, 0.717) is 18.8 Å². The molecule has 1 heterocycles. The van der Waals surface area contributed by atoms with Gasteiger partial charge in [0.1, 0.15) is 30.2 Å². The summed E-state index contributed by atoms with van der Waals surface area (Å²) in [5, 5.41) is 5.55. The van der Waals surface area contributed by atoms with E-state index < -0.39 is 23.4 Å². The standard InChI is InChI=1S/C25H31N3O5/c1-3-5-15-25(19-9-7-6-8-10-19)23(30)28(24(31)27-25)18-22(29)26-16-17-33-21-13-11-20(12-14-21)32-4-2/h6-14H,3-5,15-18H2,1-2H3,(H,26,29)(H,27,31). The lowest BCUT2D eigenvalue weighted by Crippen LogP contribution is -2.45. The van der Waals surface area contributed by atoms with Crippen LogP contribution in [0.4, 0.5) is 4.79 Å². The van der Waals surface area contributed by atoms with Crippen LogP contribution < -0.4 is 20.1 Å². The van der Waals surface area contributed by atoms with Crippen molar-refractivity contribution >= 4 is 17.8 Å². The molecule has 8 nitrogen and oxygen atoms in total. The van der Waals surface area contributed by atoms with Gasteiger partial charge >= 0.3 is 6.03 Å². The van der Waals surface area contributed by atoms with Crippen molar-refractivity contribution in [3.05, 3.63) is 60.2 Å². The van der Waals surface area contributed by atoms with Crippen LogP contribution in [0.3, 0.4) is 0 Å². The molecule has 176 valence electrons. The van der Waals surface area contributed by atoms with Crippen LogP contribution in [0, 0.1) is 0 Å². The third-order valence-corrected chi connectivity index (χ3v) is 5.48. The van der Waals surface area contributed by atoms with E-state index in [4.69, 9.17) is 9.47 Å². The van der Waals surface area contributed by atoms with Gasteiger partial charge in [-0.25, -0.2) is 4.79 Å². The van der Waals surface area contributed by atoms with Gasteiger partial charge in [0.25, 0.3) is 5.91 Å². The van der Waals surface area contributed by atoms with E-state index in [-0.39, 0.29) is 19.7 Å². The van der Waals surface area contributed by atoms with Crippen LogP contribution in [0.15, 0.2) is 54.6 Å². The lowest BCUT2D eigenvalue weighted by molar-refractivity contribution is -0.135. The average Bonchev–Trinajstić information content (AvgIpc) is 3.07. The van der Waals surface area contributed by atoms with Crippen molar-refractivity contribution < 1.29 is 23.9 Å². The summed E-state index contributed by atoms with van der Waals surface area (Å²) < 4.78 is 11.0. The number of imide groups is 1. The number of ether oxygens (including phenoxy) is 2. The number of benzene rings is 2. The SMILES string of the molecule is CCCCC1(c2ccccc2)NC(=O)N(CC(=O)NCCOc2ccc(OCC)cc2)C1=O. The van der Waals surface area contributed by atoms with Crippen LogP contribution in [-0.2, 0) is 15.1 Å². The van der Waals surface area contributed by atoms with Crippen LogP contribution in [0.5, 0.6) is 11.5 Å². The lowest BCUT2D eigenvalue weighted by atomic mass is 9.85. The van der Waals surface area contributed by atoms with Crippen molar-refractivity contribution in [1.29, 1.82) is 0 Å². The molecule has 0 aromatic heterocycles. The molecule has 3 rings (SSSR count). The molecule has 0 saturated carbocycles. The highest BCUT2D eigenvalue weighted by atomic mass is 16.5. The van der Waals surface area contributed by atoms with Gasteiger partial charge in [0.2, 0.25) is 5.91 Å². The minimum absolute atomic E-state index is 0.245. The number of nitrogens with one attached hydrogen (secondary N) is 2. The van der Waals surface area contributed by atoms with Crippen molar-refractivity contribution in [2.75, 3.05) is 26.3 Å². The van der Waals surface area contributed by atoms with Crippen molar-refractivity contribution in [2.24, 2.45) is 0 Å². The monoisotopic (exact) mass is 453 g/mol. The summed E-state index contributed by atoms with van der Waals surface area (Å²) in [6, 6.07) is 15.8. The Balaban J connectivity index is 1.53. The average molecular weight is 454 g/mol. The van der Waals surface area contributed by atoms with E-state index in [0.717, 1.165) is 29.1 Å². The molecule has 8 heteroatoms. The molecule has 2 aromatic carbocycles. The van der Waals surface area contributed by atoms with Gasteiger partial charge in [0, 0.05) is 0 Å². The maximum atomic E-state index is 13.3. The van der Waals surface area contributed by atoms with E-state index in [1.807, 2.05) is 56.3 Å². The fourth-order valence-corrected chi connectivity index (χ4v) is 3.80. The number of carbonyl (C=O) groups is 3. The molecule has 2 aromatic rings. The molecular formula is C25H31N3O5. The van der Waals surface area contributed by atoms with Crippen LogP contribution in [-0.4, -0.2) is 49.0 Å². The summed E-state index contributed by atoms with van der Waals surface area (Å²) >= 11 is 0. The number of hydrogen-bond acceptors (Lipinski definition) is 5. The molecule has 1 atom stereocenters. The number of unbranched alkanes of at least 4 members (excludes halogenated alkanes) is 1. The smallest absolute Gasteiger partial charge is 0.325 e. The van der Waals surface area contributed by atoms with E-state index in [2.05, 4.69) is 10.6 Å². The summed E-state index contributed by atoms with van der Waals surface area (Å²) in [5.74, 6) is 0.601. The third-order valence-electron chi connectivity index (χ3n) is 5.48. The Morgan fingerprint density at radius 3 is 2.30 bits per heavy atom. The van der Waals surface area contributed by atoms with Crippen LogP contribution in [0.2, 0.25) is 0 Å². The molecule has 1 saturated heterocycles.